The SMILES string of the molecule is Cc1nc(CCNC(=O)[C@@H]2Cc3cc(Cl)ccc3N2)nc2c1CCCC2. The van der Waals surface area contributed by atoms with Gasteiger partial charge in [0.2, 0.25) is 5.91 Å². The van der Waals surface area contributed by atoms with Crippen molar-refractivity contribution in [3.8, 4) is 0 Å². The number of hydrogen-bond donors (Lipinski definition) is 2. The normalized spacial score (nSPS) is 18.0. The fourth-order valence-corrected chi connectivity index (χ4v) is 4.06. The number of aryl methyl sites for hydroxylation is 2. The van der Waals surface area contributed by atoms with Gasteiger partial charge in [-0.25, -0.2) is 9.97 Å². The van der Waals surface area contributed by atoms with Gasteiger partial charge in [-0.05, 0) is 61.9 Å². The summed E-state index contributed by atoms with van der Waals surface area (Å²) < 4.78 is 0. The fraction of sp³-hybridized carbons (Fsp3) is 0.450. The van der Waals surface area contributed by atoms with E-state index >= 15 is 0 Å². The van der Waals surface area contributed by atoms with Crippen molar-refractivity contribution in [3.63, 3.8) is 0 Å². The highest BCUT2D eigenvalue weighted by molar-refractivity contribution is 6.30. The Balaban J connectivity index is 1.33. The first-order valence-corrected chi connectivity index (χ1v) is 9.66. The van der Waals surface area contributed by atoms with Crippen LogP contribution in [-0.4, -0.2) is 28.5 Å². The van der Waals surface area contributed by atoms with Crippen molar-refractivity contribution in [1.82, 2.24) is 15.3 Å². The Morgan fingerprint density at radius 3 is 3.04 bits per heavy atom. The van der Waals surface area contributed by atoms with E-state index < -0.39 is 0 Å². The van der Waals surface area contributed by atoms with Crippen LogP contribution >= 0.6 is 11.6 Å². The zero-order valence-electron chi connectivity index (χ0n) is 14.9. The van der Waals surface area contributed by atoms with Gasteiger partial charge >= 0.3 is 0 Å². The van der Waals surface area contributed by atoms with Crippen molar-refractivity contribution < 1.29 is 4.79 Å². The van der Waals surface area contributed by atoms with Crippen molar-refractivity contribution in [2.24, 2.45) is 0 Å². The van der Waals surface area contributed by atoms with E-state index in [1.165, 1.54) is 24.1 Å². The summed E-state index contributed by atoms with van der Waals surface area (Å²) in [7, 11) is 0. The number of carbonyl (C=O) groups is 1. The molecule has 0 bridgehead atoms. The minimum absolute atomic E-state index is 0.00649. The molecule has 0 fully saturated rings. The lowest BCUT2D eigenvalue weighted by Gasteiger charge is -2.17. The van der Waals surface area contributed by atoms with E-state index in [2.05, 4.69) is 22.5 Å². The zero-order chi connectivity index (χ0) is 18.1. The summed E-state index contributed by atoms with van der Waals surface area (Å²) in [5.74, 6) is 0.838. The molecule has 1 aromatic heterocycles. The first-order valence-electron chi connectivity index (χ1n) is 9.28. The molecule has 0 unspecified atom stereocenters. The summed E-state index contributed by atoms with van der Waals surface area (Å²) in [4.78, 5) is 21.8. The molecule has 5 nitrogen and oxygen atoms in total. The van der Waals surface area contributed by atoms with Gasteiger partial charge in [-0.3, -0.25) is 4.79 Å². The molecule has 1 aromatic carbocycles. The summed E-state index contributed by atoms with van der Waals surface area (Å²) in [6.45, 7) is 2.62. The van der Waals surface area contributed by atoms with Gasteiger partial charge in [0.1, 0.15) is 11.9 Å². The second-order valence-corrected chi connectivity index (χ2v) is 7.54. The van der Waals surface area contributed by atoms with E-state index in [-0.39, 0.29) is 11.9 Å². The molecule has 0 radical (unpaired) electrons. The minimum atomic E-state index is -0.241. The van der Waals surface area contributed by atoms with Crippen LogP contribution in [0.5, 0.6) is 0 Å². The number of nitrogens with one attached hydrogen (secondary N) is 2. The van der Waals surface area contributed by atoms with Crippen LogP contribution in [0.3, 0.4) is 0 Å². The average Bonchev–Trinajstić information content (AvgIpc) is 3.05. The summed E-state index contributed by atoms with van der Waals surface area (Å²) >= 11 is 6.02. The number of anilines is 1. The first-order chi connectivity index (χ1) is 12.6. The number of nitrogens with zero attached hydrogens (tertiary/aromatic N) is 2. The Kier molecular flexibility index (Phi) is 4.81. The molecule has 2 N–H and O–H groups in total. The van der Waals surface area contributed by atoms with Gasteiger partial charge in [0.25, 0.3) is 0 Å². The molecule has 1 aliphatic heterocycles. The van der Waals surface area contributed by atoms with Crippen molar-refractivity contribution >= 4 is 23.2 Å². The Morgan fingerprint density at radius 2 is 2.15 bits per heavy atom. The first kappa shape index (κ1) is 17.3. The van der Waals surface area contributed by atoms with Crippen LogP contribution in [0.15, 0.2) is 18.2 Å². The third kappa shape index (κ3) is 3.54. The number of halogens is 1. The number of hydrogen-bond acceptors (Lipinski definition) is 4. The molecular weight excluding hydrogens is 348 g/mol. The quantitative estimate of drug-likeness (QED) is 0.868. The third-order valence-corrected chi connectivity index (χ3v) is 5.46. The van der Waals surface area contributed by atoms with Crippen LogP contribution in [0, 0.1) is 6.92 Å². The van der Waals surface area contributed by atoms with Gasteiger partial charge in [0, 0.05) is 41.5 Å². The molecule has 2 heterocycles. The van der Waals surface area contributed by atoms with E-state index in [1.54, 1.807) is 0 Å². The maximum absolute atomic E-state index is 12.4. The van der Waals surface area contributed by atoms with Gasteiger partial charge in [0.05, 0.1) is 0 Å². The molecule has 0 spiro atoms. The Bertz CT molecular complexity index is 852. The maximum Gasteiger partial charge on any atom is 0.242 e. The van der Waals surface area contributed by atoms with Gasteiger partial charge in [-0.2, -0.15) is 0 Å². The van der Waals surface area contributed by atoms with Crippen LogP contribution in [0.1, 0.15) is 41.2 Å². The molecular formula is C20H23ClN4O. The van der Waals surface area contributed by atoms with Crippen molar-refractivity contribution in [3.05, 3.63) is 51.6 Å². The highest BCUT2D eigenvalue weighted by atomic mass is 35.5. The molecule has 1 atom stereocenters. The highest BCUT2D eigenvalue weighted by Gasteiger charge is 2.26. The lowest BCUT2D eigenvalue weighted by atomic mass is 9.95. The van der Waals surface area contributed by atoms with Crippen molar-refractivity contribution in [2.75, 3.05) is 11.9 Å². The smallest absolute Gasteiger partial charge is 0.242 e. The monoisotopic (exact) mass is 370 g/mol. The summed E-state index contributed by atoms with van der Waals surface area (Å²) in [5, 5.41) is 6.97. The molecule has 4 rings (SSSR count). The predicted octanol–water partition coefficient (Wildman–Crippen LogP) is 3.01. The van der Waals surface area contributed by atoms with Crippen LogP contribution in [-0.2, 0) is 30.5 Å². The lowest BCUT2D eigenvalue weighted by Crippen LogP contribution is -2.39. The number of aromatic nitrogens is 2. The van der Waals surface area contributed by atoms with E-state index in [0.717, 1.165) is 35.6 Å². The molecule has 0 saturated heterocycles. The molecule has 6 heteroatoms. The van der Waals surface area contributed by atoms with E-state index in [0.29, 0.717) is 24.4 Å². The molecule has 0 saturated carbocycles. The number of carbonyl (C=O) groups excluding carboxylic acids is 1. The van der Waals surface area contributed by atoms with Crippen molar-refractivity contribution in [2.45, 2.75) is 51.5 Å². The number of benzene rings is 1. The Hall–Kier alpha value is -2.14. The van der Waals surface area contributed by atoms with Gasteiger partial charge in [-0.15, -0.1) is 0 Å². The Morgan fingerprint density at radius 1 is 1.31 bits per heavy atom. The molecule has 2 aromatic rings. The number of rotatable bonds is 4. The topological polar surface area (TPSA) is 66.9 Å². The average molecular weight is 371 g/mol. The predicted molar refractivity (Wildman–Crippen MR) is 103 cm³/mol. The van der Waals surface area contributed by atoms with Crippen molar-refractivity contribution in [1.29, 1.82) is 0 Å². The second-order valence-electron chi connectivity index (χ2n) is 7.10. The summed E-state index contributed by atoms with van der Waals surface area (Å²) in [6.07, 6.45) is 5.90. The molecule has 1 amide bonds. The van der Waals surface area contributed by atoms with Gasteiger partial charge in [-0.1, -0.05) is 11.6 Å². The Labute approximate surface area is 158 Å². The van der Waals surface area contributed by atoms with E-state index in [4.69, 9.17) is 16.6 Å². The summed E-state index contributed by atoms with van der Waals surface area (Å²) in [5.41, 5.74) is 5.71. The number of amides is 1. The highest BCUT2D eigenvalue weighted by Crippen LogP contribution is 2.28. The molecule has 2 aliphatic rings. The largest absolute Gasteiger partial charge is 0.373 e. The van der Waals surface area contributed by atoms with Gasteiger partial charge < -0.3 is 10.6 Å². The lowest BCUT2D eigenvalue weighted by molar-refractivity contribution is -0.121. The molecule has 136 valence electrons. The summed E-state index contributed by atoms with van der Waals surface area (Å²) in [6, 6.07) is 5.44. The van der Waals surface area contributed by atoms with E-state index in [1.807, 2.05) is 18.2 Å². The second kappa shape index (κ2) is 7.23. The van der Waals surface area contributed by atoms with Crippen LogP contribution < -0.4 is 10.6 Å². The van der Waals surface area contributed by atoms with Crippen LogP contribution in [0.25, 0.3) is 0 Å². The third-order valence-electron chi connectivity index (χ3n) is 5.22. The fourth-order valence-electron chi connectivity index (χ4n) is 3.87. The zero-order valence-corrected chi connectivity index (χ0v) is 15.7. The van der Waals surface area contributed by atoms with E-state index in [9.17, 15) is 4.79 Å². The molecule has 26 heavy (non-hydrogen) atoms. The van der Waals surface area contributed by atoms with Gasteiger partial charge in [0.15, 0.2) is 0 Å². The number of fused-ring (bicyclic) bond motifs is 2. The maximum atomic E-state index is 12.4. The van der Waals surface area contributed by atoms with Crippen LogP contribution in [0.4, 0.5) is 5.69 Å². The molecule has 1 aliphatic carbocycles. The standard InChI is InChI=1S/C20H23ClN4O/c1-12-15-4-2-3-5-17(15)25-19(23-12)8-9-22-20(26)18-11-13-10-14(21)6-7-16(13)24-18/h6-7,10,18,24H,2-5,8-9,11H2,1H3,(H,22,26)/t18-/m0/s1. The van der Waals surface area contributed by atoms with Crippen LogP contribution in [0.2, 0.25) is 5.02 Å². The minimum Gasteiger partial charge on any atom is -0.373 e.